The molecular formula is C19H15FN4. The average molecular weight is 318 g/mol. The fourth-order valence-electron chi connectivity index (χ4n) is 3.53. The lowest BCUT2D eigenvalue weighted by atomic mass is 10.0. The Morgan fingerprint density at radius 2 is 1.75 bits per heavy atom. The molecule has 0 unspecified atom stereocenters. The first kappa shape index (κ1) is 13.6. The van der Waals surface area contributed by atoms with Crippen LogP contribution in [0.25, 0.3) is 11.1 Å². The molecule has 3 aromatic rings. The van der Waals surface area contributed by atoms with Gasteiger partial charge in [0.25, 0.3) is 0 Å². The number of aromatic nitrogens is 3. The van der Waals surface area contributed by atoms with E-state index >= 15 is 0 Å². The summed E-state index contributed by atoms with van der Waals surface area (Å²) in [5.41, 5.74) is 2.73. The van der Waals surface area contributed by atoms with Gasteiger partial charge in [-0.25, -0.2) is 19.3 Å². The van der Waals surface area contributed by atoms with Crippen molar-refractivity contribution in [1.29, 1.82) is 0 Å². The molecule has 0 radical (unpaired) electrons. The van der Waals surface area contributed by atoms with Gasteiger partial charge in [-0.15, -0.1) is 0 Å². The molecule has 24 heavy (non-hydrogen) atoms. The predicted octanol–water partition coefficient (Wildman–Crippen LogP) is 3.86. The van der Waals surface area contributed by atoms with Gasteiger partial charge >= 0.3 is 0 Å². The van der Waals surface area contributed by atoms with Gasteiger partial charge in [-0.1, -0.05) is 24.3 Å². The molecule has 1 aliphatic heterocycles. The summed E-state index contributed by atoms with van der Waals surface area (Å²) < 4.78 is 13.9. The molecule has 0 saturated heterocycles. The average Bonchev–Trinajstić information content (AvgIpc) is 3.33. The lowest BCUT2D eigenvalue weighted by molar-refractivity contribution is 0.631. The van der Waals surface area contributed by atoms with Gasteiger partial charge in [0.05, 0.1) is 0 Å². The molecule has 2 aromatic heterocycles. The van der Waals surface area contributed by atoms with Crippen LogP contribution >= 0.6 is 0 Å². The van der Waals surface area contributed by atoms with Gasteiger partial charge < -0.3 is 0 Å². The summed E-state index contributed by atoms with van der Waals surface area (Å²) in [4.78, 5) is 15.6. The number of halogens is 1. The summed E-state index contributed by atoms with van der Waals surface area (Å²) >= 11 is 0. The summed E-state index contributed by atoms with van der Waals surface area (Å²) in [5, 5.41) is 0. The molecule has 0 bridgehead atoms. The minimum Gasteiger partial charge on any atom is -0.294 e. The van der Waals surface area contributed by atoms with Crippen LogP contribution in [0.4, 0.5) is 16.2 Å². The largest absolute Gasteiger partial charge is 0.294 e. The van der Waals surface area contributed by atoms with Crippen LogP contribution in [-0.2, 0) is 5.41 Å². The van der Waals surface area contributed by atoms with Crippen LogP contribution in [0.5, 0.6) is 0 Å². The van der Waals surface area contributed by atoms with Crippen LogP contribution in [0.2, 0.25) is 0 Å². The second-order valence-corrected chi connectivity index (χ2v) is 6.49. The maximum atomic E-state index is 13.9. The van der Waals surface area contributed by atoms with Crippen molar-refractivity contribution in [1.82, 2.24) is 15.0 Å². The van der Waals surface area contributed by atoms with E-state index in [0.29, 0.717) is 17.1 Å². The quantitative estimate of drug-likeness (QED) is 0.719. The Bertz CT molecular complexity index is 919. The van der Waals surface area contributed by atoms with Gasteiger partial charge in [0.2, 0.25) is 5.95 Å². The van der Waals surface area contributed by atoms with Gasteiger partial charge in [0.1, 0.15) is 11.6 Å². The standard InChI is InChI=1S/C19H15FN4/c20-16-6-2-1-4-14(16)13-10-22-18(23-11-13)24-12-19(7-8-19)15-5-3-9-21-17(15)24/h1-6,9-11H,7-8,12H2. The molecule has 0 amide bonds. The zero-order valence-corrected chi connectivity index (χ0v) is 13.0. The van der Waals surface area contributed by atoms with E-state index in [-0.39, 0.29) is 11.2 Å². The highest BCUT2D eigenvalue weighted by Crippen LogP contribution is 2.56. The molecule has 5 rings (SSSR count). The van der Waals surface area contributed by atoms with Crippen LogP contribution in [0.3, 0.4) is 0 Å². The molecule has 118 valence electrons. The maximum absolute atomic E-state index is 13.9. The van der Waals surface area contributed by atoms with E-state index in [9.17, 15) is 4.39 Å². The summed E-state index contributed by atoms with van der Waals surface area (Å²) in [5.74, 6) is 1.31. The molecule has 1 spiro atoms. The molecule has 1 aliphatic carbocycles. The third-order valence-electron chi connectivity index (χ3n) is 4.99. The Balaban J connectivity index is 1.52. The van der Waals surface area contributed by atoms with Crippen LogP contribution in [0, 0.1) is 5.82 Å². The maximum Gasteiger partial charge on any atom is 0.231 e. The minimum atomic E-state index is -0.265. The second-order valence-electron chi connectivity index (χ2n) is 6.49. The topological polar surface area (TPSA) is 41.9 Å². The van der Waals surface area contributed by atoms with E-state index in [1.165, 1.54) is 24.5 Å². The Kier molecular flexibility index (Phi) is 2.74. The Morgan fingerprint density at radius 3 is 2.50 bits per heavy atom. The molecule has 0 atom stereocenters. The zero-order chi connectivity index (χ0) is 16.1. The number of benzene rings is 1. The lowest BCUT2D eigenvalue weighted by Crippen LogP contribution is -2.21. The van der Waals surface area contributed by atoms with E-state index in [1.807, 2.05) is 12.1 Å². The molecule has 1 fully saturated rings. The Morgan fingerprint density at radius 1 is 0.958 bits per heavy atom. The summed E-state index contributed by atoms with van der Waals surface area (Å²) in [7, 11) is 0. The zero-order valence-electron chi connectivity index (χ0n) is 13.0. The highest BCUT2D eigenvalue weighted by atomic mass is 19.1. The number of hydrogen-bond acceptors (Lipinski definition) is 4. The van der Waals surface area contributed by atoms with Crippen LogP contribution < -0.4 is 4.90 Å². The van der Waals surface area contributed by atoms with E-state index in [4.69, 9.17) is 0 Å². The number of pyridine rings is 1. The second kappa shape index (κ2) is 4.84. The molecule has 1 saturated carbocycles. The van der Waals surface area contributed by atoms with Gasteiger partial charge in [0, 0.05) is 47.2 Å². The summed E-state index contributed by atoms with van der Waals surface area (Å²) in [6.07, 6.45) is 7.55. The highest BCUT2D eigenvalue weighted by Gasteiger charge is 2.53. The van der Waals surface area contributed by atoms with Crippen molar-refractivity contribution in [3.8, 4) is 11.1 Å². The lowest BCUT2D eigenvalue weighted by Gasteiger charge is -2.16. The predicted molar refractivity (Wildman–Crippen MR) is 89.6 cm³/mol. The number of nitrogens with zero attached hydrogens (tertiary/aromatic N) is 4. The van der Waals surface area contributed by atoms with Crippen molar-refractivity contribution in [3.63, 3.8) is 0 Å². The SMILES string of the molecule is Fc1ccccc1-c1cnc(N2CC3(CC3)c3cccnc32)nc1. The minimum absolute atomic E-state index is 0.233. The highest BCUT2D eigenvalue weighted by molar-refractivity contribution is 5.68. The smallest absolute Gasteiger partial charge is 0.231 e. The Hall–Kier alpha value is -2.82. The third-order valence-corrected chi connectivity index (χ3v) is 4.99. The van der Waals surface area contributed by atoms with Gasteiger partial charge in [-0.2, -0.15) is 0 Å². The molecule has 1 aromatic carbocycles. The van der Waals surface area contributed by atoms with Crippen LogP contribution in [-0.4, -0.2) is 21.5 Å². The van der Waals surface area contributed by atoms with E-state index in [2.05, 4.69) is 25.9 Å². The first-order valence-electron chi connectivity index (χ1n) is 8.07. The van der Waals surface area contributed by atoms with Crippen LogP contribution in [0.1, 0.15) is 18.4 Å². The fourth-order valence-corrected chi connectivity index (χ4v) is 3.53. The molecule has 5 heteroatoms. The fraction of sp³-hybridized carbons (Fsp3) is 0.211. The van der Waals surface area contributed by atoms with E-state index < -0.39 is 0 Å². The Labute approximate surface area is 139 Å². The van der Waals surface area contributed by atoms with Crippen LogP contribution in [0.15, 0.2) is 55.0 Å². The molecular weight excluding hydrogens is 303 g/mol. The van der Waals surface area contributed by atoms with Gasteiger partial charge in [-0.05, 0) is 25.0 Å². The van der Waals surface area contributed by atoms with E-state index in [1.54, 1.807) is 30.7 Å². The first-order valence-corrected chi connectivity index (χ1v) is 8.07. The number of hydrogen-bond donors (Lipinski definition) is 0. The number of rotatable bonds is 2. The van der Waals surface area contributed by atoms with Crippen molar-refractivity contribution in [2.45, 2.75) is 18.3 Å². The number of fused-ring (bicyclic) bond motifs is 2. The first-order chi connectivity index (χ1) is 11.8. The van der Waals surface area contributed by atoms with Crippen molar-refractivity contribution in [3.05, 3.63) is 66.4 Å². The van der Waals surface area contributed by atoms with Crippen molar-refractivity contribution in [2.24, 2.45) is 0 Å². The van der Waals surface area contributed by atoms with Crippen molar-refractivity contribution in [2.75, 3.05) is 11.4 Å². The molecule has 0 N–H and O–H groups in total. The van der Waals surface area contributed by atoms with Gasteiger partial charge in [0.15, 0.2) is 0 Å². The van der Waals surface area contributed by atoms with E-state index in [0.717, 1.165) is 12.4 Å². The van der Waals surface area contributed by atoms with Crippen molar-refractivity contribution >= 4 is 11.8 Å². The third kappa shape index (κ3) is 1.94. The summed E-state index contributed by atoms with van der Waals surface area (Å²) in [6, 6.07) is 10.8. The molecule has 3 heterocycles. The summed E-state index contributed by atoms with van der Waals surface area (Å²) in [6.45, 7) is 0.873. The van der Waals surface area contributed by atoms with Crippen molar-refractivity contribution < 1.29 is 4.39 Å². The molecule has 4 nitrogen and oxygen atoms in total. The van der Waals surface area contributed by atoms with Gasteiger partial charge in [-0.3, -0.25) is 4.90 Å². The molecule has 2 aliphatic rings. The monoisotopic (exact) mass is 318 g/mol. The number of anilines is 2. The normalized spacial score (nSPS) is 17.1.